The number of ether oxygens (including phenoxy) is 2. The molecular weight excluding hydrogens is 421 g/mol. The number of esters is 1. The van der Waals surface area contributed by atoms with Gasteiger partial charge in [-0.05, 0) is 60.7 Å². The largest absolute Gasteiger partial charge is 0.494 e. The number of halogens is 1. The molecule has 0 saturated carbocycles. The molecule has 6 nitrogen and oxygen atoms in total. The molecule has 0 unspecified atom stereocenters. The van der Waals surface area contributed by atoms with Crippen LogP contribution in [0.2, 0.25) is 0 Å². The van der Waals surface area contributed by atoms with Crippen LogP contribution in [-0.2, 0) is 11.2 Å². The number of hydrogen-bond acceptors (Lipinski definition) is 6. The summed E-state index contributed by atoms with van der Waals surface area (Å²) in [5.41, 5.74) is 5.68. The maximum Gasteiger partial charge on any atom is 0.340 e. The Morgan fingerprint density at radius 2 is 1.97 bits per heavy atom. The number of fused-ring (bicyclic) bond motifs is 1. The van der Waals surface area contributed by atoms with Gasteiger partial charge in [0, 0.05) is 43.1 Å². The first-order valence-electron chi connectivity index (χ1n) is 11.0. The third kappa shape index (κ3) is 4.77. The van der Waals surface area contributed by atoms with Gasteiger partial charge >= 0.3 is 5.97 Å². The molecule has 33 heavy (non-hydrogen) atoms. The monoisotopic (exact) mass is 449 g/mol. The van der Waals surface area contributed by atoms with E-state index in [1.54, 1.807) is 30.6 Å². The van der Waals surface area contributed by atoms with E-state index < -0.39 is 0 Å². The molecule has 1 heterocycles. The number of carbonyl (C=O) groups is 1. The number of aryl methyl sites for hydroxylation is 1. The van der Waals surface area contributed by atoms with Crippen LogP contribution >= 0.6 is 0 Å². The number of nitrogens with zero attached hydrogens (tertiary/aromatic N) is 2. The van der Waals surface area contributed by atoms with E-state index in [-0.39, 0.29) is 17.5 Å². The summed E-state index contributed by atoms with van der Waals surface area (Å²) in [4.78, 5) is 18.2. The summed E-state index contributed by atoms with van der Waals surface area (Å²) in [5, 5.41) is 3.40. The first-order chi connectivity index (χ1) is 16.0. The molecule has 0 spiro atoms. The molecule has 4 rings (SSSR count). The van der Waals surface area contributed by atoms with Crippen molar-refractivity contribution in [3.8, 4) is 5.75 Å². The molecule has 1 atom stereocenters. The van der Waals surface area contributed by atoms with Crippen LogP contribution in [-0.4, -0.2) is 38.8 Å². The molecule has 3 aromatic rings. The fourth-order valence-corrected chi connectivity index (χ4v) is 4.38. The topological polar surface area (TPSA) is 63.7 Å². The van der Waals surface area contributed by atoms with Gasteiger partial charge in [0.15, 0.2) is 11.6 Å². The SMILES string of the molecule is COC(=O)c1ccncc1NC[C@@H]1CCCc2cc(N(C)c3ccc(F)c(OC)c3)ccc21. The van der Waals surface area contributed by atoms with Gasteiger partial charge in [-0.1, -0.05) is 6.07 Å². The molecule has 7 heteroatoms. The number of rotatable bonds is 7. The molecule has 0 bridgehead atoms. The van der Waals surface area contributed by atoms with E-state index in [4.69, 9.17) is 9.47 Å². The second kappa shape index (κ2) is 9.90. The van der Waals surface area contributed by atoms with Crippen molar-refractivity contribution in [1.29, 1.82) is 0 Å². The maximum absolute atomic E-state index is 13.8. The van der Waals surface area contributed by atoms with E-state index in [1.165, 1.54) is 31.4 Å². The van der Waals surface area contributed by atoms with E-state index in [0.29, 0.717) is 23.7 Å². The van der Waals surface area contributed by atoms with Crippen LogP contribution in [0.4, 0.5) is 21.5 Å². The molecule has 172 valence electrons. The summed E-state index contributed by atoms with van der Waals surface area (Å²) in [6, 6.07) is 13.0. The number of carbonyl (C=O) groups excluding carboxylic acids is 1. The molecule has 1 aliphatic carbocycles. The van der Waals surface area contributed by atoms with Gasteiger partial charge in [-0.15, -0.1) is 0 Å². The fraction of sp³-hybridized carbons (Fsp3) is 0.308. The van der Waals surface area contributed by atoms with E-state index in [9.17, 15) is 9.18 Å². The molecule has 1 aromatic heterocycles. The number of nitrogens with one attached hydrogen (secondary N) is 1. The Kier molecular flexibility index (Phi) is 6.77. The molecule has 1 N–H and O–H groups in total. The van der Waals surface area contributed by atoms with Gasteiger partial charge < -0.3 is 19.7 Å². The predicted octanol–water partition coefficient (Wildman–Crippen LogP) is 5.32. The summed E-state index contributed by atoms with van der Waals surface area (Å²) in [6.07, 6.45) is 6.42. The lowest BCUT2D eigenvalue weighted by molar-refractivity contribution is 0.0601. The van der Waals surface area contributed by atoms with Crippen LogP contribution in [0.1, 0.15) is 40.2 Å². The van der Waals surface area contributed by atoms with Crippen molar-refractivity contribution >= 4 is 23.0 Å². The van der Waals surface area contributed by atoms with Gasteiger partial charge in [0.1, 0.15) is 0 Å². The van der Waals surface area contributed by atoms with Gasteiger partial charge in [0.05, 0.1) is 31.7 Å². The highest BCUT2D eigenvalue weighted by molar-refractivity contribution is 5.95. The molecule has 2 aromatic carbocycles. The Balaban J connectivity index is 1.53. The van der Waals surface area contributed by atoms with E-state index in [0.717, 1.165) is 30.6 Å². The zero-order valence-corrected chi connectivity index (χ0v) is 19.1. The average Bonchev–Trinajstić information content (AvgIpc) is 2.86. The summed E-state index contributed by atoms with van der Waals surface area (Å²) in [6.45, 7) is 0.701. The zero-order valence-electron chi connectivity index (χ0n) is 19.1. The van der Waals surface area contributed by atoms with Crippen LogP contribution in [0.25, 0.3) is 0 Å². The predicted molar refractivity (Wildman–Crippen MR) is 127 cm³/mol. The van der Waals surface area contributed by atoms with Crippen molar-refractivity contribution in [2.75, 3.05) is 38.0 Å². The number of benzene rings is 2. The molecular formula is C26H28FN3O3. The van der Waals surface area contributed by atoms with E-state index in [2.05, 4.69) is 28.5 Å². The van der Waals surface area contributed by atoms with Crippen LogP contribution in [0.3, 0.4) is 0 Å². The summed E-state index contributed by atoms with van der Waals surface area (Å²) < 4.78 is 23.8. The first kappa shape index (κ1) is 22.6. The molecule has 0 radical (unpaired) electrons. The Bertz CT molecular complexity index is 1150. The van der Waals surface area contributed by atoms with Gasteiger partial charge in [-0.2, -0.15) is 0 Å². The number of pyridine rings is 1. The van der Waals surface area contributed by atoms with Gasteiger partial charge in [0.25, 0.3) is 0 Å². The normalized spacial score (nSPS) is 14.8. The zero-order chi connectivity index (χ0) is 23.4. The highest BCUT2D eigenvalue weighted by atomic mass is 19.1. The minimum atomic E-state index is -0.381. The quantitative estimate of drug-likeness (QED) is 0.493. The average molecular weight is 450 g/mol. The molecule has 0 amide bonds. The summed E-state index contributed by atoms with van der Waals surface area (Å²) >= 11 is 0. The number of hydrogen-bond donors (Lipinski definition) is 1. The van der Waals surface area contributed by atoms with Crippen molar-refractivity contribution < 1.29 is 18.7 Å². The Morgan fingerprint density at radius 3 is 2.76 bits per heavy atom. The van der Waals surface area contributed by atoms with Crippen LogP contribution in [0, 0.1) is 5.82 Å². The Hall–Kier alpha value is -3.61. The van der Waals surface area contributed by atoms with E-state index in [1.807, 2.05) is 11.9 Å². The standard InChI is InChI=1S/C26H28FN3O3/c1-30(20-8-10-23(27)25(14-20)32-2)19-7-9-21-17(13-19)5-4-6-18(21)15-29-24-16-28-12-11-22(24)26(31)33-3/h7-14,16,18,29H,4-6,15H2,1-3H3/t18-/m0/s1. The first-order valence-corrected chi connectivity index (χ1v) is 11.0. The second-order valence-corrected chi connectivity index (χ2v) is 8.14. The number of aromatic nitrogens is 1. The third-order valence-electron chi connectivity index (χ3n) is 6.24. The lowest BCUT2D eigenvalue weighted by Crippen LogP contribution is -2.20. The molecule has 1 aliphatic rings. The van der Waals surface area contributed by atoms with Crippen molar-refractivity contribution in [2.45, 2.75) is 25.2 Å². The smallest absolute Gasteiger partial charge is 0.340 e. The summed E-state index contributed by atoms with van der Waals surface area (Å²) in [7, 11) is 4.81. The van der Waals surface area contributed by atoms with Crippen LogP contribution in [0.15, 0.2) is 54.9 Å². The van der Waals surface area contributed by atoms with Gasteiger partial charge in [-0.25, -0.2) is 9.18 Å². The molecule has 0 fully saturated rings. The van der Waals surface area contributed by atoms with Gasteiger partial charge in [-0.3, -0.25) is 4.98 Å². The Morgan fingerprint density at radius 1 is 1.18 bits per heavy atom. The van der Waals surface area contributed by atoms with Crippen molar-refractivity contribution in [3.05, 3.63) is 77.4 Å². The second-order valence-electron chi connectivity index (χ2n) is 8.14. The van der Waals surface area contributed by atoms with Gasteiger partial charge in [0.2, 0.25) is 0 Å². The van der Waals surface area contributed by atoms with Crippen molar-refractivity contribution in [3.63, 3.8) is 0 Å². The fourth-order valence-electron chi connectivity index (χ4n) is 4.38. The summed E-state index contributed by atoms with van der Waals surface area (Å²) in [5.74, 6) is -0.205. The van der Waals surface area contributed by atoms with Crippen molar-refractivity contribution in [1.82, 2.24) is 4.98 Å². The lowest BCUT2D eigenvalue weighted by Gasteiger charge is -2.28. The highest BCUT2D eigenvalue weighted by Crippen LogP contribution is 2.36. The van der Waals surface area contributed by atoms with Crippen molar-refractivity contribution in [2.24, 2.45) is 0 Å². The van der Waals surface area contributed by atoms with Crippen LogP contribution < -0.4 is 15.0 Å². The number of anilines is 3. The van der Waals surface area contributed by atoms with E-state index >= 15 is 0 Å². The third-order valence-corrected chi connectivity index (χ3v) is 6.24. The number of methoxy groups -OCH3 is 2. The molecule has 0 aliphatic heterocycles. The lowest BCUT2D eigenvalue weighted by atomic mass is 9.82. The highest BCUT2D eigenvalue weighted by Gasteiger charge is 2.22. The Labute approximate surface area is 193 Å². The minimum absolute atomic E-state index is 0.227. The molecule has 0 saturated heterocycles. The minimum Gasteiger partial charge on any atom is -0.494 e. The maximum atomic E-state index is 13.8. The van der Waals surface area contributed by atoms with Crippen LogP contribution in [0.5, 0.6) is 5.75 Å².